The number of rotatable bonds is 3. The molecule has 5 nitrogen and oxygen atoms in total. The van der Waals surface area contributed by atoms with Gasteiger partial charge in [-0.05, 0) is 26.2 Å². The Balaban J connectivity index is 2.07. The molecule has 0 bridgehead atoms. The van der Waals surface area contributed by atoms with Gasteiger partial charge in [-0.1, -0.05) is 0 Å². The highest BCUT2D eigenvalue weighted by Gasteiger charge is 2.38. The minimum atomic E-state index is -0.434. The summed E-state index contributed by atoms with van der Waals surface area (Å²) in [6.45, 7) is 1.69. The van der Waals surface area contributed by atoms with Crippen LogP contribution < -0.4 is 5.32 Å². The van der Waals surface area contributed by atoms with Crippen molar-refractivity contribution in [2.75, 3.05) is 6.61 Å². The second-order valence-electron chi connectivity index (χ2n) is 4.01. The highest BCUT2D eigenvalue weighted by Crippen LogP contribution is 2.31. The number of amides is 1. The summed E-state index contributed by atoms with van der Waals surface area (Å²) in [6, 6.07) is 0. The van der Waals surface area contributed by atoms with Gasteiger partial charge in [-0.2, -0.15) is 0 Å². The first-order valence-corrected chi connectivity index (χ1v) is 5.00. The molecule has 15 heavy (non-hydrogen) atoms. The van der Waals surface area contributed by atoms with Gasteiger partial charge in [-0.3, -0.25) is 4.79 Å². The number of aryl methyl sites for hydroxylation is 1. The van der Waals surface area contributed by atoms with Gasteiger partial charge < -0.3 is 14.8 Å². The van der Waals surface area contributed by atoms with E-state index in [1.54, 1.807) is 6.92 Å². The molecule has 0 atom stereocenters. The lowest BCUT2D eigenvalue weighted by Gasteiger charge is -2.40. The van der Waals surface area contributed by atoms with Gasteiger partial charge in [-0.25, -0.2) is 4.98 Å². The quantitative estimate of drug-likeness (QED) is 0.767. The van der Waals surface area contributed by atoms with Gasteiger partial charge in [0.05, 0.1) is 17.8 Å². The van der Waals surface area contributed by atoms with Crippen LogP contribution in [-0.4, -0.2) is 28.1 Å². The number of aromatic nitrogens is 1. The Kier molecular flexibility index (Phi) is 2.48. The summed E-state index contributed by atoms with van der Waals surface area (Å²) in [7, 11) is 0. The summed E-state index contributed by atoms with van der Waals surface area (Å²) < 4.78 is 4.98. The molecular weight excluding hydrogens is 196 g/mol. The highest BCUT2D eigenvalue weighted by atomic mass is 16.3. The average Bonchev–Trinajstić information content (AvgIpc) is 2.58. The van der Waals surface area contributed by atoms with Crippen LogP contribution in [0.25, 0.3) is 0 Å². The summed E-state index contributed by atoms with van der Waals surface area (Å²) in [5.41, 5.74) is 0.135. The maximum absolute atomic E-state index is 11.7. The van der Waals surface area contributed by atoms with E-state index in [1.165, 1.54) is 6.39 Å². The van der Waals surface area contributed by atoms with Crippen molar-refractivity contribution in [2.24, 2.45) is 0 Å². The van der Waals surface area contributed by atoms with E-state index >= 15 is 0 Å². The maximum atomic E-state index is 11.7. The fraction of sp³-hybridized carbons (Fsp3) is 0.600. The van der Waals surface area contributed by atoms with Gasteiger partial charge in [0.2, 0.25) is 5.76 Å². The molecule has 1 fully saturated rings. The van der Waals surface area contributed by atoms with E-state index in [2.05, 4.69) is 10.3 Å². The number of carbonyl (C=O) groups is 1. The first kappa shape index (κ1) is 10.2. The number of hydrogen-bond donors (Lipinski definition) is 2. The number of carbonyl (C=O) groups excluding carboxylic acids is 1. The van der Waals surface area contributed by atoms with E-state index < -0.39 is 5.54 Å². The van der Waals surface area contributed by atoms with Crippen LogP contribution in [-0.2, 0) is 0 Å². The Morgan fingerprint density at radius 1 is 1.73 bits per heavy atom. The van der Waals surface area contributed by atoms with Crippen LogP contribution in [0, 0.1) is 6.92 Å². The van der Waals surface area contributed by atoms with E-state index in [-0.39, 0.29) is 18.3 Å². The molecule has 2 rings (SSSR count). The van der Waals surface area contributed by atoms with Crippen LogP contribution in [0.15, 0.2) is 10.8 Å². The molecule has 5 heteroatoms. The molecule has 0 aromatic carbocycles. The van der Waals surface area contributed by atoms with Crippen LogP contribution in [0.2, 0.25) is 0 Å². The number of hydrogen-bond acceptors (Lipinski definition) is 4. The molecule has 1 amide bonds. The van der Waals surface area contributed by atoms with E-state index in [0.717, 1.165) is 19.3 Å². The molecule has 1 aromatic rings. The van der Waals surface area contributed by atoms with Crippen molar-refractivity contribution >= 4 is 5.91 Å². The van der Waals surface area contributed by atoms with Crippen molar-refractivity contribution in [3.8, 4) is 0 Å². The number of nitrogens with zero attached hydrogens (tertiary/aromatic N) is 1. The second kappa shape index (κ2) is 3.66. The number of aliphatic hydroxyl groups is 1. The Morgan fingerprint density at radius 2 is 2.47 bits per heavy atom. The third-order valence-corrected chi connectivity index (χ3v) is 2.94. The molecule has 0 saturated heterocycles. The third-order valence-electron chi connectivity index (χ3n) is 2.94. The smallest absolute Gasteiger partial charge is 0.289 e. The van der Waals surface area contributed by atoms with Gasteiger partial charge in [-0.15, -0.1) is 0 Å². The van der Waals surface area contributed by atoms with Crippen molar-refractivity contribution in [3.63, 3.8) is 0 Å². The molecule has 0 spiro atoms. The third kappa shape index (κ3) is 1.74. The van der Waals surface area contributed by atoms with Crippen LogP contribution in [0.5, 0.6) is 0 Å². The number of aliphatic hydroxyl groups excluding tert-OH is 1. The monoisotopic (exact) mass is 210 g/mol. The topological polar surface area (TPSA) is 75.4 Å². The Bertz CT molecular complexity index is 363. The summed E-state index contributed by atoms with van der Waals surface area (Å²) in [5, 5.41) is 12.0. The Hall–Kier alpha value is -1.36. The van der Waals surface area contributed by atoms with E-state index in [0.29, 0.717) is 5.69 Å². The summed E-state index contributed by atoms with van der Waals surface area (Å²) >= 11 is 0. The minimum absolute atomic E-state index is 0.0219. The van der Waals surface area contributed by atoms with E-state index in [4.69, 9.17) is 4.42 Å². The highest BCUT2D eigenvalue weighted by molar-refractivity contribution is 5.92. The standard InChI is InChI=1S/C10H14N2O3/c1-7-8(15-6-11-7)9(14)12-10(5-13)3-2-4-10/h6,13H,2-5H2,1H3,(H,12,14). The predicted molar refractivity (Wildman–Crippen MR) is 52.4 cm³/mol. The van der Waals surface area contributed by atoms with E-state index in [9.17, 15) is 9.90 Å². The minimum Gasteiger partial charge on any atom is -0.438 e. The number of oxazole rings is 1. The first-order chi connectivity index (χ1) is 7.17. The maximum Gasteiger partial charge on any atom is 0.289 e. The van der Waals surface area contributed by atoms with Crippen LogP contribution >= 0.6 is 0 Å². The summed E-state index contributed by atoms with van der Waals surface area (Å²) in [5.74, 6) is -0.0616. The molecule has 1 aliphatic carbocycles. The van der Waals surface area contributed by atoms with Gasteiger partial charge >= 0.3 is 0 Å². The lowest BCUT2D eigenvalue weighted by atomic mass is 9.77. The molecule has 0 aliphatic heterocycles. The van der Waals surface area contributed by atoms with Gasteiger partial charge in [0.25, 0.3) is 5.91 Å². The van der Waals surface area contributed by atoms with Crippen molar-refractivity contribution in [1.82, 2.24) is 10.3 Å². The van der Waals surface area contributed by atoms with Gasteiger partial charge in [0.15, 0.2) is 6.39 Å². The Morgan fingerprint density at radius 3 is 2.87 bits per heavy atom. The fourth-order valence-electron chi connectivity index (χ4n) is 1.74. The van der Waals surface area contributed by atoms with Gasteiger partial charge in [0, 0.05) is 0 Å². The molecule has 1 aliphatic rings. The zero-order chi connectivity index (χ0) is 10.9. The fourth-order valence-corrected chi connectivity index (χ4v) is 1.74. The zero-order valence-corrected chi connectivity index (χ0v) is 8.62. The van der Waals surface area contributed by atoms with Crippen LogP contribution in [0.3, 0.4) is 0 Å². The predicted octanol–water partition coefficient (Wildman–Crippen LogP) is 0.628. The normalized spacial score (nSPS) is 18.3. The molecule has 82 valence electrons. The lowest BCUT2D eigenvalue weighted by Crippen LogP contribution is -2.56. The Labute approximate surface area is 87.5 Å². The van der Waals surface area contributed by atoms with Crippen LogP contribution in [0.1, 0.15) is 35.5 Å². The number of nitrogens with one attached hydrogen (secondary N) is 1. The molecule has 1 saturated carbocycles. The van der Waals surface area contributed by atoms with E-state index in [1.807, 2.05) is 0 Å². The SMILES string of the molecule is Cc1ncoc1C(=O)NC1(CO)CCC1. The van der Waals surface area contributed by atoms with Crippen LogP contribution in [0.4, 0.5) is 0 Å². The molecule has 2 N–H and O–H groups in total. The largest absolute Gasteiger partial charge is 0.438 e. The van der Waals surface area contributed by atoms with Crippen molar-refractivity contribution in [1.29, 1.82) is 0 Å². The zero-order valence-electron chi connectivity index (χ0n) is 8.62. The lowest BCUT2D eigenvalue weighted by molar-refractivity contribution is 0.0619. The molecule has 0 unspecified atom stereocenters. The average molecular weight is 210 g/mol. The molecular formula is C10H14N2O3. The van der Waals surface area contributed by atoms with Gasteiger partial charge in [0.1, 0.15) is 0 Å². The van der Waals surface area contributed by atoms with Crippen molar-refractivity contribution in [2.45, 2.75) is 31.7 Å². The molecule has 1 heterocycles. The molecule has 1 aromatic heterocycles. The second-order valence-corrected chi connectivity index (χ2v) is 4.01. The van der Waals surface area contributed by atoms with Crippen molar-refractivity contribution < 1.29 is 14.3 Å². The molecule has 0 radical (unpaired) electrons. The van der Waals surface area contributed by atoms with Crippen molar-refractivity contribution in [3.05, 3.63) is 17.8 Å². The summed E-state index contributed by atoms with van der Waals surface area (Å²) in [4.78, 5) is 15.6. The summed E-state index contributed by atoms with van der Waals surface area (Å²) in [6.07, 6.45) is 3.93. The first-order valence-electron chi connectivity index (χ1n) is 5.00.